The minimum atomic E-state index is -0.185. The Balaban J connectivity index is 1.91. The van der Waals surface area contributed by atoms with Crippen LogP contribution in [0.1, 0.15) is 27.5 Å². The number of hydrogen-bond donors (Lipinski definition) is 1. The van der Waals surface area contributed by atoms with Crippen LogP contribution in [-0.2, 0) is 7.05 Å². The molecule has 0 aliphatic heterocycles. The topological polar surface area (TPSA) is 46.9 Å². The van der Waals surface area contributed by atoms with Crippen LogP contribution >= 0.6 is 0 Å². The largest absolute Gasteiger partial charge is 0.341 e. The first-order valence-electron chi connectivity index (χ1n) is 7.13. The van der Waals surface area contributed by atoms with E-state index in [0.29, 0.717) is 5.56 Å². The van der Waals surface area contributed by atoms with Crippen molar-refractivity contribution in [2.45, 2.75) is 6.04 Å². The van der Waals surface area contributed by atoms with E-state index in [0.717, 1.165) is 11.1 Å². The lowest BCUT2D eigenvalue weighted by Gasteiger charge is -2.19. The number of aromatic nitrogens is 2. The van der Waals surface area contributed by atoms with Gasteiger partial charge in [0.2, 0.25) is 0 Å². The SMILES string of the molecule is Cn1cc(C(=O)NC(c2ccccc2)c2ccccc2)cn1. The Labute approximate surface area is 129 Å². The minimum Gasteiger partial charge on any atom is -0.341 e. The van der Waals surface area contributed by atoms with Crippen molar-refractivity contribution in [3.05, 3.63) is 89.7 Å². The number of benzene rings is 2. The highest BCUT2D eigenvalue weighted by molar-refractivity contribution is 5.94. The molecule has 0 spiro atoms. The van der Waals surface area contributed by atoms with Gasteiger partial charge in [-0.2, -0.15) is 5.10 Å². The first-order valence-corrected chi connectivity index (χ1v) is 7.13. The van der Waals surface area contributed by atoms with Gasteiger partial charge in [-0.05, 0) is 11.1 Å². The highest BCUT2D eigenvalue weighted by atomic mass is 16.1. The third-order valence-corrected chi connectivity index (χ3v) is 3.51. The van der Waals surface area contributed by atoms with Gasteiger partial charge in [0, 0.05) is 13.2 Å². The van der Waals surface area contributed by atoms with Crippen LogP contribution in [0.4, 0.5) is 0 Å². The molecule has 4 nitrogen and oxygen atoms in total. The molecular formula is C18H17N3O. The van der Waals surface area contributed by atoms with Gasteiger partial charge in [-0.1, -0.05) is 60.7 Å². The first-order chi connectivity index (χ1) is 10.7. The van der Waals surface area contributed by atoms with E-state index in [4.69, 9.17) is 0 Å². The lowest BCUT2D eigenvalue weighted by atomic mass is 9.98. The van der Waals surface area contributed by atoms with Crippen LogP contribution in [0.5, 0.6) is 0 Å². The van der Waals surface area contributed by atoms with Gasteiger partial charge in [-0.15, -0.1) is 0 Å². The molecule has 3 aromatic rings. The standard InChI is InChI=1S/C18H17N3O/c1-21-13-16(12-19-21)18(22)20-17(14-8-4-2-5-9-14)15-10-6-3-7-11-15/h2-13,17H,1H3,(H,20,22). The molecule has 1 N–H and O–H groups in total. The summed E-state index contributed by atoms with van der Waals surface area (Å²) in [4.78, 5) is 12.5. The molecule has 110 valence electrons. The van der Waals surface area contributed by atoms with E-state index in [2.05, 4.69) is 10.4 Å². The van der Waals surface area contributed by atoms with Crippen LogP contribution in [0.2, 0.25) is 0 Å². The molecule has 2 aromatic carbocycles. The Morgan fingerprint density at radius 3 is 2.00 bits per heavy atom. The van der Waals surface area contributed by atoms with Crippen molar-refractivity contribution in [2.24, 2.45) is 7.05 Å². The third-order valence-electron chi connectivity index (χ3n) is 3.51. The van der Waals surface area contributed by atoms with Crippen LogP contribution in [-0.4, -0.2) is 15.7 Å². The summed E-state index contributed by atoms with van der Waals surface area (Å²) in [6.45, 7) is 0. The zero-order valence-corrected chi connectivity index (χ0v) is 12.3. The zero-order chi connectivity index (χ0) is 15.4. The molecular weight excluding hydrogens is 274 g/mol. The summed E-state index contributed by atoms with van der Waals surface area (Å²) in [5.74, 6) is -0.134. The van der Waals surface area contributed by atoms with E-state index < -0.39 is 0 Å². The predicted octanol–water partition coefficient (Wildman–Crippen LogP) is 2.94. The predicted molar refractivity (Wildman–Crippen MR) is 85.4 cm³/mol. The fourth-order valence-electron chi connectivity index (χ4n) is 2.40. The van der Waals surface area contributed by atoms with Gasteiger partial charge in [-0.25, -0.2) is 0 Å². The average Bonchev–Trinajstić information content (AvgIpc) is 3.01. The van der Waals surface area contributed by atoms with Crippen LogP contribution in [0.25, 0.3) is 0 Å². The second-order valence-corrected chi connectivity index (χ2v) is 5.13. The number of carbonyl (C=O) groups is 1. The molecule has 0 fully saturated rings. The van der Waals surface area contributed by atoms with E-state index in [1.54, 1.807) is 24.1 Å². The number of amides is 1. The molecule has 0 unspecified atom stereocenters. The number of nitrogens with zero attached hydrogens (tertiary/aromatic N) is 2. The number of carbonyl (C=O) groups excluding carboxylic acids is 1. The molecule has 22 heavy (non-hydrogen) atoms. The van der Waals surface area contributed by atoms with Gasteiger partial charge in [0.25, 0.3) is 5.91 Å². The van der Waals surface area contributed by atoms with Crippen molar-refractivity contribution >= 4 is 5.91 Å². The minimum absolute atomic E-state index is 0.134. The second-order valence-electron chi connectivity index (χ2n) is 5.13. The van der Waals surface area contributed by atoms with Crippen LogP contribution in [0, 0.1) is 0 Å². The summed E-state index contributed by atoms with van der Waals surface area (Å²) in [5, 5.41) is 7.13. The van der Waals surface area contributed by atoms with Crippen LogP contribution in [0.3, 0.4) is 0 Å². The van der Waals surface area contributed by atoms with Gasteiger partial charge < -0.3 is 5.32 Å². The van der Waals surface area contributed by atoms with Crippen molar-refractivity contribution in [3.8, 4) is 0 Å². The Bertz CT molecular complexity index is 711. The van der Waals surface area contributed by atoms with Crippen LogP contribution < -0.4 is 5.32 Å². The quantitative estimate of drug-likeness (QED) is 0.803. The molecule has 1 aromatic heterocycles. The molecule has 0 saturated heterocycles. The lowest BCUT2D eigenvalue weighted by Crippen LogP contribution is -2.29. The van der Waals surface area contributed by atoms with Gasteiger partial charge in [0.05, 0.1) is 17.8 Å². The van der Waals surface area contributed by atoms with E-state index in [1.165, 1.54) is 0 Å². The van der Waals surface area contributed by atoms with Crippen molar-refractivity contribution in [1.29, 1.82) is 0 Å². The zero-order valence-electron chi connectivity index (χ0n) is 12.3. The van der Waals surface area contributed by atoms with Crippen molar-refractivity contribution < 1.29 is 4.79 Å². The monoisotopic (exact) mass is 291 g/mol. The Kier molecular flexibility index (Phi) is 4.01. The molecule has 0 aliphatic rings. The summed E-state index contributed by atoms with van der Waals surface area (Å²) in [6.07, 6.45) is 3.28. The molecule has 0 bridgehead atoms. The third kappa shape index (κ3) is 3.06. The Morgan fingerprint density at radius 2 is 1.55 bits per heavy atom. The Morgan fingerprint density at radius 1 is 1.00 bits per heavy atom. The van der Waals surface area contributed by atoms with Gasteiger partial charge in [-0.3, -0.25) is 9.48 Å². The summed E-state index contributed by atoms with van der Waals surface area (Å²) < 4.78 is 1.62. The molecule has 3 rings (SSSR count). The first kappa shape index (κ1) is 14.1. The van der Waals surface area contributed by atoms with Crippen LogP contribution in [0.15, 0.2) is 73.1 Å². The van der Waals surface area contributed by atoms with E-state index in [9.17, 15) is 4.79 Å². The number of rotatable bonds is 4. The fourth-order valence-corrected chi connectivity index (χ4v) is 2.40. The summed E-state index contributed by atoms with van der Waals surface area (Å²) in [5.41, 5.74) is 2.65. The number of aryl methyl sites for hydroxylation is 1. The lowest BCUT2D eigenvalue weighted by molar-refractivity contribution is 0.0943. The van der Waals surface area contributed by atoms with Crippen molar-refractivity contribution in [1.82, 2.24) is 15.1 Å². The fraction of sp³-hybridized carbons (Fsp3) is 0.111. The highest BCUT2D eigenvalue weighted by Crippen LogP contribution is 2.22. The molecule has 0 radical (unpaired) electrons. The second kappa shape index (κ2) is 6.26. The number of nitrogens with one attached hydrogen (secondary N) is 1. The summed E-state index contributed by atoms with van der Waals surface area (Å²) >= 11 is 0. The van der Waals surface area contributed by atoms with Crippen molar-refractivity contribution in [2.75, 3.05) is 0 Å². The summed E-state index contributed by atoms with van der Waals surface area (Å²) in [6, 6.07) is 19.7. The molecule has 0 aliphatic carbocycles. The maximum Gasteiger partial charge on any atom is 0.255 e. The maximum atomic E-state index is 12.5. The molecule has 4 heteroatoms. The summed E-state index contributed by atoms with van der Waals surface area (Å²) in [7, 11) is 1.79. The molecule has 1 heterocycles. The normalized spacial score (nSPS) is 10.6. The van der Waals surface area contributed by atoms with Gasteiger partial charge in [0.15, 0.2) is 0 Å². The van der Waals surface area contributed by atoms with Gasteiger partial charge in [0.1, 0.15) is 0 Å². The average molecular weight is 291 g/mol. The van der Waals surface area contributed by atoms with E-state index in [-0.39, 0.29) is 11.9 Å². The van der Waals surface area contributed by atoms with E-state index >= 15 is 0 Å². The highest BCUT2D eigenvalue weighted by Gasteiger charge is 2.18. The van der Waals surface area contributed by atoms with Gasteiger partial charge >= 0.3 is 0 Å². The number of hydrogen-bond acceptors (Lipinski definition) is 2. The van der Waals surface area contributed by atoms with E-state index in [1.807, 2.05) is 60.7 Å². The van der Waals surface area contributed by atoms with Crippen molar-refractivity contribution in [3.63, 3.8) is 0 Å². The molecule has 0 atom stereocenters. The molecule has 0 saturated carbocycles. The molecule has 1 amide bonds. The smallest absolute Gasteiger partial charge is 0.255 e. The Hall–Kier alpha value is -2.88. The maximum absolute atomic E-state index is 12.5.